The van der Waals surface area contributed by atoms with Crippen LogP contribution in [-0.2, 0) is 17.9 Å². The Morgan fingerprint density at radius 3 is 3.04 bits per heavy atom. The molecule has 1 aromatic carbocycles. The fourth-order valence-corrected chi connectivity index (χ4v) is 3.21. The fourth-order valence-electron chi connectivity index (χ4n) is 3.21. The molecule has 4 rings (SSSR count). The van der Waals surface area contributed by atoms with Crippen LogP contribution in [0.5, 0.6) is 0 Å². The number of carbonyl (C=O) groups excluding carboxylic acids is 1. The van der Waals surface area contributed by atoms with Crippen LogP contribution < -0.4 is 5.32 Å². The number of benzene rings is 1. The summed E-state index contributed by atoms with van der Waals surface area (Å²) in [5, 5.41) is 19.1. The molecular weight excluding hydrogens is 318 g/mol. The molecule has 1 atom stereocenters. The fraction of sp³-hybridized carbons (Fsp3) is 0.353. The van der Waals surface area contributed by atoms with Crippen molar-refractivity contribution in [2.75, 3.05) is 0 Å². The molecule has 0 spiro atoms. The highest BCUT2D eigenvalue weighted by molar-refractivity contribution is 5.82. The normalized spacial score (nSPS) is 16.9. The number of aromatic nitrogens is 6. The van der Waals surface area contributed by atoms with Crippen LogP contribution in [-0.4, -0.2) is 35.9 Å². The van der Waals surface area contributed by atoms with Crippen LogP contribution in [0.15, 0.2) is 42.7 Å². The van der Waals surface area contributed by atoms with E-state index in [1.54, 1.807) is 15.6 Å². The Hall–Kier alpha value is -3.03. The van der Waals surface area contributed by atoms with E-state index in [0.717, 1.165) is 37.1 Å². The Kier molecular flexibility index (Phi) is 4.24. The van der Waals surface area contributed by atoms with Gasteiger partial charge in [-0.05, 0) is 41.0 Å². The van der Waals surface area contributed by atoms with Gasteiger partial charge in [0.2, 0.25) is 5.91 Å². The Labute approximate surface area is 144 Å². The van der Waals surface area contributed by atoms with Gasteiger partial charge < -0.3 is 5.32 Å². The summed E-state index contributed by atoms with van der Waals surface area (Å²) >= 11 is 0. The molecule has 25 heavy (non-hydrogen) atoms. The van der Waals surface area contributed by atoms with Crippen LogP contribution in [0.3, 0.4) is 0 Å². The van der Waals surface area contributed by atoms with Crippen LogP contribution in [0.25, 0.3) is 5.69 Å². The average molecular weight is 337 g/mol. The number of fused-ring (bicyclic) bond motifs is 1. The molecule has 0 radical (unpaired) electrons. The molecule has 3 heterocycles. The molecule has 3 aromatic rings. The number of hydrogen-bond acceptors (Lipinski definition) is 5. The minimum absolute atomic E-state index is 0.0341. The molecule has 0 saturated heterocycles. The third-order valence-electron chi connectivity index (χ3n) is 4.50. The predicted octanol–water partition coefficient (Wildman–Crippen LogP) is 1.44. The zero-order chi connectivity index (χ0) is 17.1. The molecule has 0 saturated carbocycles. The van der Waals surface area contributed by atoms with E-state index >= 15 is 0 Å². The first-order valence-electron chi connectivity index (χ1n) is 8.44. The van der Waals surface area contributed by atoms with Gasteiger partial charge >= 0.3 is 0 Å². The van der Waals surface area contributed by atoms with Gasteiger partial charge in [0.15, 0.2) is 5.82 Å². The largest absolute Gasteiger partial charge is 0.351 e. The van der Waals surface area contributed by atoms with E-state index in [4.69, 9.17) is 0 Å². The molecule has 1 N–H and O–H groups in total. The van der Waals surface area contributed by atoms with E-state index in [0.29, 0.717) is 12.4 Å². The number of hydrogen-bond donors (Lipinski definition) is 1. The van der Waals surface area contributed by atoms with Gasteiger partial charge in [0.25, 0.3) is 0 Å². The lowest BCUT2D eigenvalue weighted by molar-refractivity contribution is -0.123. The van der Waals surface area contributed by atoms with E-state index in [-0.39, 0.29) is 11.8 Å². The van der Waals surface area contributed by atoms with Gasteiger partial charge in [-0.15, -0.1) is 5.10 Å². The summed E-state index contributed by atoms with van der Waals surface area (Å²) < 4.78 is 3.54. The number of carbonyl (C=O) groups is 1. The average Bonchev–Trinajstić information content (AvgIpc) is 3.29. The number of aryl methyl sites for hydroxylation is 1. The molecule has 0 unspecified atom stereocenters. The van der Waals surface area contributed by atoms with Crippen molar-refractivity contribution in [2.24, 2.45) is 0 Å². The van der Waals surface area contributed by atoms with Crippen LogP contribution in [0, 0.1) is 0 Å². The molecule has 0 bridgehead atoms. The lowest BCUT2D eigenvalue weighted by Gasteiger charge is -2.15. The summed E-state index contributed by atoms with van der Waals surface area (Å²) in [6.07, 6.45) is 6.37. The second-order valence-corrected chi connectivity index (χ2v) is 6.11. The molecule has 1 aliphatic heterocycles. The molecule has 0 aliphatic carbocycles. The number of tetrazole rings is 1. The smallest absolute Gasteiger partial charge is 0.231 e. The van der Waals surface area contributed by atoms with Crippen molar-refractivity contribution in [1.82, 2.24) is 35.3 Å². The number of rotatable bonds is 4. The Morgan fingerprint density at radius 2 is 2.16 bits per heavy atom. The van der Waals surface area contributed by atoms with Crippen molar-refractivity contribution in [2.45, 2.75) is 38.3 Å². The number of nitrogens with one attached hydrogen (secondary N) is 1. The topological polar surface area (TPSA) is 90.5 Å². The first-order valence-corrected chi connectivity index (χ1v) is 8.44. The molecular formula is C17H19N7O. The zero-order valence-electron chi connectivity index (χ0n) is 13.7. The Morgan fingerprint density at radius 1 is 1.24 bits per heavy atom. The van der Waals surface area contributed by atoms with Crippen LogP contribution in [0.1, 0.15) is 36.6 Å². The van der Waals surface area contributed by atoms with Gasteiger partial charge in [0.1, 0.15) is 0 Å². The van der Waals surface area contributed by atoms with E-state index in [2.05, 4.69) is 25.9 Å². The molecule has 8 nitrogen and oxygen atoms in total. The van der Waals surface area contributed by atoms with Gasteiger partial charge in [-0.3, -0.25) is 4.79 Å². The molecule has 0 fully saturated rings. The number of nitrogens with zero attached hydrogens (tertiary/aromatic N) is 6. The summed E-state index contributed by atoms with van der Waals surface area (Å²) in [4.78, 5) is 12.7. The van der Waals surface area contributed by atoms with Crippen molar-refractivity contribution < 1.29 is 4.79 Å². The maximum absolute atomic E-state index is 12.7. The first-order chi connectivity index (χ1) is 12.3. The molecule has 128 valence electrons. The van der Waals surface area contributed by atoms with Gasteiger partial charge in [-0.25, -0.2) is 9.36 Å². The summed E-state index contributed by atoms with van der Waals surface area (Å²) in [7, 11) is 0. The highest BCUT2D eigenvalue weighted by atomic mass is 16.1. The second-order valence-electron chi connectivity index (χ2n) is 6.11. The maximum atomic E-state index is 12.7. The minimum atomic E-state index is -0.297. The van der Waals surface area contributed by atoms with Crippen molar-refractivity contribution in [3.63, 3.8) is 0 Å². The van der Waals surface area contributed by atoms with E-state index < -0.39 is 0 Å². The van der Waals surface area contributed by atoms with Crippen LogP contribution >= 0.6 is 0 Å². The molecule has 2 aromatic heterocycles. The molecule has 1 amide bonds. The maximum Gasteiger partial charge on any atom is 0.231 e. The second kappa shape index (κ2) is 6.84. The summed E-state index contributed by atoms with van der Waals surface area (Å²) in [6, 6.07) is 9.78. The Balaban J connectivity index is 1.50. The number of amides is 1. The van der Waals surface area contributed by atoms with Gasteiger partial charge in [-0.2, -0.15) is 5.10 Å². The van der Waals surface area contributed by atoms with E-state index in [1.165, 1.54) is 0 Å². The van der Waals surface area contributed by atoms with Gasteiger partial charge in [-0.1, -0.05) is 24.6 Å². The lowest BCUT2D eigenvalue weighted by atomic mass is 10.0. The van der Waals surface area contributed by atoms with Crippen molar-refractivity contribution in [3.8, 4) is 5.69 Å². The minimum Gasteiger partial charge on any atom is -0.351 e. The predicted molar refractivity (Wildman–Crippen MR) is 89.8 cm³/mol. The highest BCUT2D eigenvalue weighted by Gasteiger charge is 2.28. The third-order valence-corrected chi connectivity index (χ3v) is 4.50. The summed E-state index contributed by atoms with van der Waals surface area (Å²) in [6.45, 7) is 1.21. The van der Waals surface area contributed by atoms with Crippen molar-refractivity contribution in [3.05, 3.63) is 54.1 Å². The van der Waals surface area contributed by atoms with Gasteiger partial charge in [0.05, 0.1) is 11.6 Å². The lowest BCUT2D eigenvalue weighted by Crippen LogP contribution is -2.30. The van der Waals surface area contributed by atoms with E-state index in [1.807, 2.05) is 36.5 Å². The molecule has 8 heteroatoms. The monoisotopic (exact) mass is 337 g/mol. The van der Waals surface area contributed by atoms with Gasteiger partial charge in [0, 0.05) is 25.5 Å². The van der Waals surface area contributed by atoms with Crippen molar-refractivity contribution in [1.29, 1.82) is 0 Å². The summed E-state index contributed by atoms with van der Waals surface area (Å²) in [5.41, 5.74) is 1.96. The highest BCUT2D eigenvalue weighted by Crippen LogP contribution is 2.24. The van der Waals surface area contributed by atoms with Crippen LogP contribution in [0.4, 0.5) is 0 Å². The van der Waals surface area contributed by atoms with E-state index in [9.17, 15) is 4.79 Å². The SMILES string of the molecule is O=C(NCc1ccccc1-n1cccn1)[C@H]1CCCCn2nnnc21. The standard InChI is InChI=1S/C17H19N7O/c25-17(14-7-3-4-10-24-16(14)20-21-22-24)18-12-13-6-1-2-8-15(13)23-11-5-9-19-23/h1-2,5-6,8-9,11,14H,3-4,7,10,12H2,(H,18,25)/t14-/m0/s1. The van der Waals surface area contributed by atoms with Crippen LogP contribution in [0.2, 0.25) is 0 Å². The Bertz CT molecular complexity index is 856. The third kappa shape index (κ3) is 3.15. The first kappa shape index (κ1) is 15.5. The summed E-state index contributed by atoms with van der Waals surface area (Å²) in [5.74, 6) is 0.331. The molecule has 1 aliphatic rings. The van der Waals surface area contributed by atoms with Crippen molar-refractivity contribution >= 4 is 5.91 Å². The zero-order valence-corrected chi connectivity index (χ0v) is 13.7. The quantitative estimate of drug-likeness (QED) is 0.778. The number of para-hydroxylation sites is 1.